The molecule has 1 aliphatic rings. The second kappa shape index (κ2) is 4.64. The Hall–Kier alpha value is -2.06. The predicted molar refractivity (Wildman–Crippen MR) is 56.9 cm³/mol. The van der Waals surface area contributed by atoms with Crippen LogP contribution in [-0.2, 0) is 4.79 Å². The van der Waals surface area contributed by atoms with E-state index in [2.05, 4.69) is 5.32 Å². The third-order valence-electron chi connectivity index (χ3n) is 2.21. The van der Waals surface area contributed by atoms with E-state index >= 15 is 0 Å². The van der Waals surface area contributed by atoms with Gasteiger partial charge in [0.2, 0.25) is 0 Å². The lowest BCUT2D eigenvalue weighted by Crippen LogP contribution is -2.04. The van der Waals surface area contributed by atoms with E-state index in [4.69, 9.17) is 4.74 Å². The van der Waals surface area contributed by atoms with Gasteiger partial charge in [0, 0.05) is 19.0 Å². The molecule has 1 aromatic rings. The van der Waals surface area contributed by atoms with Crippen molar-refractivity contribution in [2.24, 2.45) is 0 Å². The first-order chi connectivity index (χ1) is 7.78. The van der Waals surface area contributed by atoms with Crippen molar-refractivity contribution in [3.05, 3.63) is 47.6 Å². The maximum absolute atomic E-state index is 12.8. The summed E-state index contributed by atoms with van der Waals surface area (Å²) in [7, 11) is 0. The number of carbonyl (C=O) groups excluding carboxylic acids is 1. The topological polar surface area (TPSA) is 38.3 Å². The highest BCUT2D eigenvalue weighted by atomic mass is 19.1. The molecule has 4 heteroatoms. The maximum Gasteiger partial charge on any atom is 0.145 e. The average Bonchev–Trinajstić information content (AvgIpc) is 2.74. The molecule has 1 fully saturated rings. The minimum absolute atomic E-state index is 0.339. The standard InChI is InChI=1S/C12H10FNO2/c13-10-2-1-3-12(5-10)16-8-9-4-11(7-15)14-6-9/h1-3,5,8,14H,4,6H2/b9-8+. The van der Waals surface area contributed by atoms with Gasteiger partial charge in [-0.15, -0.1) is 0 Å². The van der Waals surface area contributed by atoms with E-state index < -0.39 is 0 Å². The van der Waals surface area contributed by atoms with Crippen molar-refractivity contribution in [1.29, 1.82) is 0 Å². The molecule has 1 aromatic carbocycles. The van der Waals surface area contributed by atoms with Crippen molar-refractivity contribution in [3.8, 4) is 5.75 Å². The average molecular weight is 219 g/mol. The fraction of sp³-hybridized carbons (Fsp3) is 0.167. The van der Waals surface area contributed by atoms with Crippen molar-refractivity contribution in [1.82, 2.24) is 5.32 Å². The Kier molecular flexibility index (Phi) is 3.03. The van der Waals surface area contributed by atoms with Crippen LogP contribution in [0, 0.1) is 5.82 Å². The molecular weight excluding hydrogens is 209 g/mol. The zero-order chi connectivity index (χ0) is 11.4. The summed E-state index contributed by atoms with van der Waals surface area (Å²) in [4.78, 5) is 10.3. The van der Waals surface area contributed by atoms with E-state index in [-0.39, 0.29) is 5.82 Å². The quantitative estimate of drug-likeness (QED) is 0.608. The summed E-state index contributed by atoms with van der Waals surface area (Å²) < 4.78 is 18.1. The van der Waals surface area contributed by atoms with Gasteiger partial charge < -0.3 is 10.1 Å². The summed E-state index contributed by atoms with van der Waals surface area (Å²) in [6, 6.07) is 5.89. The molecule has 82 valence electrons. The van der Waals surface area contributed by atoms with Crippen LogP contribution < -0.4 is 10.1 Å². The largest absolute Gasteiger partial charge is 0.465 e. The van der Waals surface area contributed by atoms with Crippen molar-refractivity contribution in [2.75, 3.05) is 6.54 Å². The lowest BCUT2D eigenvalue weighted by Gasteiger charge is -2.00. The molecule has 16 heavy (non-hydrogen) atoms. The summed E-state index contributed by atoms with van der Waals surface area (Å²) in [5, 5.41) is 2.87. The molecule has 2 rings (SSSR count). The van der Waals surface area contributed by atoms with Crippen LogP contribution >= 0.6 is 0 Å². The van der Waals surface area contributed by atoms with Crippen LogP contribution in [0.5, 0.6) is 5.75 Å². The van der Waals surface area contributed by atoms with E-state index in [0.717, 1.165) is 5.57 Å². The Morgan fingerprint density at radius 1 is 1.50 bits per heavy atom. The number of halogens is 1. The van der Waals surface area contributed by atoms with Crippen LogP contribution in [0.1, 0.15) is 6.42 Å². The molecule has 0 bridgehead atoms. The Bertz CT molecular complexity index is 476. The van der Waals surface area contributed by atoms with Crippen LogP contribution in [0.25, 0.3) is 0 Å². The second-order valence-electron chi connectivity index (χ2n) is 3.46. The van der Waals surface area contributed by atoms with E-state index in [0.29, 0.717) is 24.4 Å². The maximum atomic E-state index is 12.8. The number of nitrogens with one attached hydrogen (secondary N) is 1. The number of benzene rings is 1. The third-order valence-corrected chi connectivity index (χ3v) is 2.21. The van der Waals surface area contributed by atoms with Crippen LogP contribution in [0.15, 0.2) is 41.8 Å². The third kappa shape index (κ3) is 2.49. The minimum atomic E-state index is -0.339. The number of hydrogen-bond donors (Lipinski definition) is 1. The molecule has 0 saturated carbocycles. The molecule has 1 aliphatic heterocycles. The molecule has 1 N–H and O–H groups in total. The highest BCUT2D eigenvalue weighted by Gasteiger charge is 2.12. The number of rotatable bonds is 2. The van der Waals surface area contributed by atoms with Crippen molar-refractivity contribution in [2.45, 2.75) is 6.42 Å². The fourth-order valence-corrected chi connectivity index (χ4v) is 1.42. The van der Waals surface area contributed by atoms with Gasteiger partial charge in [-0.1, -0.05) is 6.07 Å². The summed E-state index contributed by atoms with van der Waals surface area (Å²) in [5.74, 6) is 1.90. The molecule has 3 nitrogen and oxygen atoms in total. The smallest absolute Gasteiger partial charge is 0.145 e. The minimum Gasteiger partial charge on any atom is -0.465 e. The molecule has 0 unspecified atom stereocenters. The Balaban J connectivity index is 2.02. The van der Waals surface area contributed by atoms with Gasteiger partial charge >= 0.3 is 0 Å². The van der Waals surface area contributed by atoms with Crippen LogP contribution in [0.4, 0.5) is 4.39 Å². The number of ether oxygens (including phenoxy) is 1. The van der Waals surface area contributed by atoms with Crippen LogP contribution in [-0.4, -0.2) is 12.5 Å². The first-order valence-electron chi connectivity index (χ1n) is 4.86. The zero-order valence-corrected chi connectivity index (χ0v) is 8.50. The lowest BCUT2D eigenvalue weighted by atomic mass is 10.2. The SMILES string of the molecule is O=C=C1C/C(=C\Oc2cccc(F)c2)CN1. The van der Waals surface area contributed by atoms with Gasteiger partial charge in [0.05, 0.1) is 6.26 Å². The molecule has 0 aliphatic carbocycles. The Labute approximate surface area is 92.2 Å². The van der Waals surface area contributed by atoms with E-state index in [1.807, 2.05) is 0 Å². The van der Waals surface area contributed by atoms with Crippen molar-refractivity contribution in [3.63, 3.8) is 0 Å². The van der Waals surface area contributed by atoms with Crippen LogP contribution in [0.2, 0.25) is 0 Å². The summed E-state index contributed by atoms with van der Waals surface area (Å²) in [5.41, 5.74) is 1.46. The van der Waals surface area contributed by atoms with Gasteiger partial charge in [-0.2, -0.15) is 0 Å². The lowest BCUT2D eigenvalue weighted by molar-refractivity contribution is 0.469. The molecule has 0 amide bonds. The molecule has 1 heterocycles. The van der Waals surface area contributed by atoms with Gasteiger partial charge in [-0.3, -0.25) is 0 Å². The van der Waals surface area contributed by atoms with Gasteiger partial charge in [0.1, 0.15) is 23.2 Å². The summed E-state index contributed by atoms with van der Waals surface area (Å²) in [6.45, 7) is 0.569. The second-order valence-corrected chi connectivity index (χ2v) is 3.46. The molecule has 1 saturated heterocycles. The summed E-state index contributed by atoms with van der Waals surface area (Å²) in [6.07, 6.45) is 2.05. The first kappa shape index (κ1) is 10.5. The first-order valence-corrected chi connectivity index (χ1v) is 4.86. The van der Waals surface area contributed by atoms with Gasteiger partial charge in [-0.05, 0) is 17.7 Å². The molecule has 0 spiro atoms. The fourth-order valence-electron chi connectivity index (χ4n) is 1.42. The predicted octanol–water partition coefficient (Wildman–Crippen LogP) is 1.80. The monoisotopic (exact) mass is 219 g/mol. The molecule has 0 radical (unpaired) electrons. The van der Waals surface area contributed by atoms with Gasteiger partial charge in [0.15, 0.2) is 0 Å². The van der Waals surface area contributed by atoms with Crippen molar-refractivity contribution < 1.29 is 13.9 Å². The molecule has 0 atom stereocenters. The number of allylic oxidation sites excluding steroid dienone is 1. The number of hydrogen-bond acceptors (Lipinski definition) is 3. The molecule has 0 aromatic heterocycles. The van der Waals surface area contributed by atoms with Crippen LogP contribution in [0.3, 0.4) is 0 Å². The van der Waals surface area contributed by atoms with Gasteiger partial charge in [0.25, 0.3) is 0 Å². The highest BCUT2D eigenvalue weighted by Crippen LogP contribution is 2.16. The van der Waals surface area contributed by atoms with E-state index in [1.165, 1.54) is 18.4 Å². The van der Waals surface area contributed by atoms with E-state index in [1.54, 1.807) is 18.1 Å². The van der Waals surface area contributed by atoms with Crippen molar-refractivity contribution >= 4 is 5.94 Å². The normalized spacial score (nSPS) is 17.1. The zero-order valence-electron chi connectivity index (χ0n) is 8.50. The molecular formula is C12H10FNO2. The van der Waals surface area contributed by atoms with E-state index in [9.17, 15) is 9.18 Å². The summed E-state index contributed by atoms with van der Waals surface area (Å²) >= 11 is 0. The highest BCUT2D eigenvalue weighted by molar-refractivity contribution is 5.54. The Morgan fingerprint density at radius 2 is 2.38 bits per heavy atom. The Morgan fingerprint density at radius 3 is 3.06 bits per heavy atom. The van der Waals surface area contributed by atoms with Gasteiger partial charge in [-0.25, -0.2) is 9.18 Å².